The minimum atomic E-state index is -0.513. The molecule has 0 aliphatic rings. The van der Waals surface area contributed by atoms with Crippen LogP contribution < -0.4 is 10.5 Å². The molecule has 140 valence electrons. The molecule has 7 nitrogen and oxygen atoms in total. The molecular formula is C20H23N5O2. The summed E-state index contributed by atoms with van der Waals surface area (Å²) < 4.78 is 5.83. The molecule has 1 amide bonds. The summed E-state index contributed by atoms with van der Waals surface area (Å²) in [6.45, 7) is 6.82. The van der Waals surface area contributed by atoms with Gasteiger partial charge in [-0.1, -0.05) is 20.3 Å². The van der Waals surface area contributed by atoms with E-state index in [0.29, 0.717) is 35.3 Å². The zero-order chi connectivity index (χ0) is 19.4. The fourth-order valence-corrected chi connectivity index (χ4v) is 2.55. The highest BCUT2D eigenvalue weighted by Gasteiger charge is 2.10. The van der Waals surface area contributed by atoms with Gasteiger partial charge in [-0.3, -0.25) is 4.79 Å². The average Bonchev–Trinajstić information content (AvgIpc) is 3.06. The van der Waals surface area contributed by atoms with Crippen LogP contribution in [0.3, 0.4) is 0 Å². The Bertz CT molecular complexity index is 993. The molecule has 3 rings (SSSR count). The van der Waals surface area contributed by atoms with Crippen molar-refractivity contribution in [1.82, 2.24) is 19.9 Å². The fourth-order valence-electron chi connectivity index (χ4n) is 2.55. The molecule has 0 aliphatic carbocycles. The number of ether oxygens (including phenoxy) is 1. The molecule has 1 atom stereocenters. The molecular weight excluding hydrogens is 342 g/mol. The number of aromatic amines is 1. The molecule has 0 fully saturated rings. The Morgan fingerprint density at radius 3 is 2.93 bits per heavy atom. The minimum absolute atomic E-state index is 0.464. The Kier molecular flexibility index (Phi) is 5.49. The van der Waals surface area contributed by atoms with E-state index in [4.69, 9.17) is 15.5 Å². The van der Waals surface area contributed by atoms with Crippen LogP contribution in [0.5, 0.6) is 5.88 Å². The van der Waals surface area contributed by atoms with Crippen molar-refractivity contribution in [2.75, 3.05) is 6.61 Å². The largest absolute Gasteiger partial charge is 0.477 e. The normalized spacial score (nSPS) is 12.6. The molecule has 3 N–H and O–H groups in total. The zero-order valence-corrected chi connectivity index (χ0v) is 15.7. The molecule has 27 heavy (non-hydrogen) atoms. The predicted molar refractivity (Wildman–Crippen MR) is 105 cm³/mol. The second-order valence-corrected chi connectivity index (χ2v) is 6.59. The number of amides is 1. The van der Waals surface area contributed by atoms with Crippen LogP contribution in [-0.2, 0) is 4.79 Å². The lowest BCUT2D eigenvalue weighted by Crippen LogP contribution is -2.08. The summed E-state index contributed by atoms with van der Waals surface area (Å²) in [7, 11) is 0. The monoisotopic (exact) mass is 365 g/mol. The average molecular weight is 365 g/mol. The SMILES string of the molecule is CC[C@@H](C)COc1cc(-c2cnc3[nH]cc(/C=C/C(N)=O)c3n2)cc(C)n1. The molecule has 0 aliphatic heterocycles. The molecule has 0 spiro atoms. The number of carbonyl (C=O) groups excluding carboxylic acids is 1. The molecule has 0 radical (unpaired) electrons. The number of pyridine rings is 1. The number of nitrogens with zero attached hydrogens (tertiary/aromatic N) is 3. The van der Waals surface area contributed by atoms with Gasteiger partial charge in [-0.2, -0.15) is 0 Å². The molecule has 3 aromatic rings. The first-order valence-electron chi connectivity index (χ1n) is 8.89. The molecule has 0 aromatic carbocycles. The highest BCUT2D eigenvalue weighted by molar-refractivity contribution is 5.93. The van der Waals surface area contributed by atoms with E-state index < -0.39 is 5.91 Å². The first kappa shape index (κ1) is 18.6. The van der Waals surface area contributed by atoms with Crippen LogP contribution >= 0.6 is 0 Å². The van der Waals surface area contributed by atoms with Crippen LogP contribution in [0.1, 0.15) is 31.5 Å². The second kappa shape index (κ2) is 7.99. The van der Waals surface area contributed by atoms with Crippen molar-refractivity contribution in [3.8, 4) is 17.1 Å². The van der Waals surface area contributed by atoms with Crippen molar-refractivity contribution in [1.29, 1.82) is 0 Å². The van der Waals surface area contributed by atoms with E-state index in [2.05, 4.69) is 28.8 Å². The van der Waals surface area contributed by atoms with E-state index in [9.17, 15) is 4.79 Å². The Morgan fingerprint density at radius 2 is 2.19 bits per heavy atom. The number of H-pyrrole nitrogens is 1. The Labute approximate surface area is 157 Å². The van der Waals surface area contributed by atoms with Crippen molar-refractivity contribution < 1.29 is 9.53 Å². The lowest BCUT2D eigenvalue weighted by molar-refractivity contribution is -0.113. The Balaban J connectivity index is 1.95. The summed E-state index contributed by atoms with van der Waals surface area (Å²) in [4.78, 5) is 27.6. The minimum Gasteiger partial charge on any atom is -0.477 e. The quantitative estimate of drug-likeness (QED) is 0.625. The van der Waals surface area contributed by atoms with Gasteiger partial charge in [-0.05, 0) is 25.0 Å². The number of aryl methyl sites for hydroxylation is 1. The Hall–Kier alpha value is -3.22. The van der Waals surface area contributed by atoms with E-state index >= 15 is 0 Å². The number of nitrogens with one attached hydrogen (secondary N) is 1. The van der Waals surface area contributed by atoms with Gasteiger partial charge in [0, 0.05) is 35.2 Å². The van der Waals surface area contributed by atoms with Gasteiger partial charge in [0.15, 0.2) is 5.65 Å². The van der Waals surface area contributed by atoms with Crippen molar-refractivity contribution >= 4 is 23.1 Å². The van der Waals surface area contributed by atoms with Crippen LogP contribution in [-0.4, -0.2) is 32.4 Å². The van der Waals surface area contributed by atoms with Crippen molar-refractivity contribution in [3.05, 3.63) is 41.9 Å². The number of hydrogen-bond donors (Lipinski definition) is 2. The number of primary amides is 1. The van der Waals surface area contributed by atoms with Crippen molar-refractivity contribution in [3.63, 3.8) is 0 Å². The standard InChI is InChI=1S/C20H23N5O2/c1-4-12(2)11-27-18-8-15(7-13(3)24-18)16-10-23-20-19(25-16)14(9-22-20)5-6-17(21)26/h5-10,12H,4,11H2,1-3H3,(H2,21,26)(H,22,23)/b6-5+/t12-/m1/s1. The smallest absolute Gasteiger partial charge is 0.241 e. The van der Waals surface area contributed by atoms with E-state index in [1.807, 2.05) is 19.1 Å². The summed E-state index contributed by atoms with van der Waals surface area (Å²) in [5.74, 6) is 0.530. The zero-order valence-electron chi connectivity index (χ0n) is 15.7. The molecule has 0 unspecified atom stereocenters. The topological polar surface area (TPSA) is 107 Å². The number of carbonyl (C=O) groups is 1. The summed E-state index contributed by atoms with van der Waals surface area (Å²) in [5, 5.41) is 0. The Morgan fingerprint density at radius 1 is 1.37 bits per heavy atom. The van der Waals surface area contributed by atoms with E-state index in [-0.39, 0.29) is 0 Å². The maximum atomic E-state index is 11.0. The van der Waals surface area contributed by atoms with Crippen LogP contribution in [0.15, 0.2) is 30.6 Å². The van der Waals surface area contributed by atoms with E-state index in [0.717, 1.165) is 23.2 Å². The van der Waals surface area contributed by atoms with Crippen LogP contribution in [0, 0.1) is 12.8 Å². The summed E-state index contributed by atoms with van der Waals surface area (Å²) in [6.07, 6.45) is 7.42. The molecule has 0 saturated heterocycles. The lowest BCUT2D eigenvalue weighted by Gasteiger charge is -2.12. The first-order valence-corrected chi connectivity index (χ1v) is 8.89. The number of fused-ring (bicyclic) bond motifs is 1. The third-order valence-electron chi connectivity index (χ3n) is 4.28. The van der Waals surface area contributed by atoms with Crippen LogP contribution in [0.25, 0.3) is 28.5 Å². The van der Waals surface area contributed by atoms with Gasteiger partial charge >= 0.3 is 0 Å². The maximum Gasteiger partial charge on any atom is 0.241 e. The number of nitrogens with two attached hydrogens (primary N) is 1. The molecule has 3 heterocycles. The third kappa shape index (κ3) is 4.49. The molecule has 0 bridgehead atoms. The summed E-state index contributed by atoms with van der Waals surface area (Å²) >= 11 is 0. The third-order valence-corrected chi connectivity index (χ3v) is 4.28. The summed E-state index contributed by atoms with van der Waals surface area (Å²) in [6, 6.07) is 3.81. The molecule has 3 aromatic heterocycles. The lowest BCUT2D eigenvalue weighted by atomic mass is 10.1. The predicted octanol–water partition coefficient (Wildman–Crippen LogP) is 3.25. The van der Waals surface area contributed by atoms with Gasteiger partial charge < -0.3 is 15.5 Å². The first-order chi connectivity index (χ1) is 13.0. The second-order valence-electron chi connectivity index (χ2n) is 6.59. The van der Waals surface area contributed by atoms with Gasteiger partial charge in [0.25, 0.3) is 0 Å². The van der Waals surface area contributed by atoms with Gasteiger partial charge in [0.1, 0.15) is 5.52 Å². The highest BCUT2D eigenvalue weighted by atomic mass is 16.5. The van der Waals surface area contributed by atoms with Crippen molar-refractivity contribution in [2.45, 2.75) is 27.2 Å². The van der Waals surface area contributed by atoms with Gasteiger partial charge in [0.2, 0.25) is 11.8 Å². The number of rotatable bonds is 7. The van der Waals surface area contributed by atoms with Crippen molar-refractivity contribution in [2.24, 2.45) is 11.7 Å². The van der Waals surface area contributed by atoms with Crippen LogP contribution in [0.4, 0.5) is 0 Å². The molecule has 0 saturated carbocycles. The van der Waals surface area contributed by atoms with E-state index in [1.54, 1.807) is 18.5 Å². The fraction of sp³-hybridized carbons (Fsp3) is 0.300. The van der Waals surface area contributed by atoms with Crippen LogP contribution in [0.2, 0.25) is 0 Å². The highest BCUT2D eigenvalue weighted by Crippen LogP contribution is 2.25. The van der Waals surface area contributed by atoms with E-state index in [1.165, 1.54) is 6.08 Å². The van der Waals surface area contributed by atoms with Gasteiger partial charge in [0.05, 0.1) is 18.5 Å². The maximum absolute atomic E-state index is 11.0. The summed E-state index contributed by atoms with van der Waals surface area (Å²) in [5.41, 5.74) is 9.65. The van der Waals surface area contributed by atoms with Gasteiger partial charge in [-0.15, -0.1) is 0 Å². The number of aromatic nitrogens is 4. The van der Waals surface area contributed by atoms with Gasteiger partial charge in [-0.25, -0.2) is 15.0 Å². The number of hydrogen-bond acceptors (Lipinski definition) is 5. The molecule has 7 heteroatoms.